The molecular weight excluding hydrogens is 288 g/mol. The molecule has 0 aliphatic heterocycles. The molecule has 3 rings (SSSR count). The van der Waals surface area contributed by atoms with Crippen molar-refractivity contribution in [2.75, 3.05) is 12.3 Å². The molecule has 1 fully saturated rings. The highest BCUT2D eigenvalue weighted by atomic mass is 32.1. The standard InChI is InChI=1S/C14H18N4O2S/c1-6-7(2)17-18-14-10(6)11(15)12(21-14)13(20)16-5-8-3-9(19)4-8/h8-9,19H,3-5,15H2,1-2H3,(H,16,20). The van der Waals surface area contributed by atoms with E-state index >= 15 is 0 Å². The molecule has 0 radical (unpaired) electrons. The van der Waals surface area contributed by atoms with Gasteiger partial charge < -0.3 is 16.2 Å². The molecule has 0 spiro atoms. The lowest BCUT2D eigenvalue weighted by Crippen LogP contribution is -2.38. The first-order valence-corrected chi connectivity index (χ1v) is 7.77. The fourth-order valence-corrected chi connectivity index (χ4v) is 3.61. The second kappa shape index (κ2) is 5.23. The lowest BCUT2D eigenvalue weighted by Gasteiger charge is -2.31. The number of carbonyl (C=O) groups is 1. The number of hydrogen-bond acceptors (Lipinski definition) is 6. The number of nitrogens with zero attached hydrogens (tertiary/aromatic N) is 2. The van der Waals surface area contributed by atoms with Crippen molar-refractivity contribution in [2.24, 2.45) is 5.92 Å². The van der Waals surface area contributed by atoms with Crippen LogP contribution < -0.4 is 11.1 Å². The zero-order chi connectivity index (χ0) is 15.1. The van der Waals surface area contributed by atoms with Crippen LogP contribution in [0.4, 0.5) is 5.69 Å². The Hall–Kier alpha value is -1.73. The summed E-state index contributed by atoms with van der Waals surface area (Å²) in [6.45, 7) is 4.39. The number of nitrogens with one attached hydrogen (secondary N) is 1. The molecule has 0 aromatic carbocycles. The zero-order valence-corrected chi connectivity index (χ0v) is 12.8. The molecule has 0 atom stereocenters. The number of nitrogens with two attached hydrogens (primary N) is 1. The first-order valence-electron chi connectivity index (χ1n) is 6.95. The number of aliphatic hydroxyl groups is 1. The van der Waals surface area contributed by atoms with Gasteiger partial charge in [-0.3, -0.25) is 4.79 Å². The van der Waals surface area contributed by atoms with Crippen molar-refractivity contribution >= 4 is 33.1 Å². The van der Waals surface area contributed by atoms with Crippen molar-refractivity contribution < 1.29 is 9.90 Å². The van der Waals surface area contributed by atoms with Gasteiger partial charge in [0.25, 0.3) is 5.91 Å². The van der Waals surface area contributed by atoms with Gasteiger partial charge in [0, 0.05) is 11.9 Å². The summed E-state index contributed by atoms with van der Waals surface area (Å²) in [5, 5.41) is 21.2. The van der Waals surface area contributed by atoms with Gasteiger partial charge in [0.1, 0.15) is 9.71 Å². The maximum absolute atomic E-state index is 12.3. The van der Waals surface area contributed by atoms with Crippen molar-refractivity contribution in [3.05, 3.63) is 16.1 Å². The smallest absolute Gasteiger partial charge is 0.263 e. The van der Waals surface area contributed by atoms with E-state index in [9.17, 15) is 9.90 Å². The van der Waals surface area contributed by atoms with Gasteiger partial charge >= 0.3 is 0 Å². The number of amides is 1. The Morgan fingerprint density at radius 3 is 2.81 bits per heavy atom. The fourth-order valence-electron chi connectivity index (χ4n) is 2.59. The topological polar surface area (TPSA) is 101 Å². The van der Waals surface area contributed by atoms with Crippen LogP contribution in [-0.4, -0.2) is 33.9 Å². The molecule has 0 bridgehead atoms. The van der Waals surface area contributed by atoms with Gasteiger partial charge in [0.2, 0.25) is 0 Å². The van der Waals surface area contributed by atoms with Crippen LogP contribution in [0.3, 0.4) is 0 Å². The van der Waals surface area contributed by atoms with E-state index in [0.29, 0.717) is 27.9 Å². The number of carbonyl (C=O) groups excluding carboxylic acids is 1. The van der Waals surface area contributed by atoms with E-state index in [1.807, 2.05) is 13.8 Å². The molecule has 7 heteroatoms. The molecule has 1 saturated carbocycles. The molecule has 21 heavy (non-hydrogen) atoms. The molecule has 6 nitrogen and oxygen atoms in total. The Kier molecular flexibility index (Phi) is 3.54. The van der Waals surface area contributed by atoms with Gasteiger partial charge in [-0.2, -0.15) is 5.10 Å². The number of aliphatic hydroxyl groups excluding tert-OH is 1. The quantitative estimate of drug-likeness (QED) is 0.795. The second-order valence-corrected chi connectivity index (χ2v) is 6.64. The van der Waals surface area contributed by atoms with E-state index in [-0.39, 0.29) is 12.0 Å². The van der Waals surface area contributed by atoms with Crippen LogP contribution in [0.1, 0.15) is 33.8 Å². The highest BCUT2D eigenvalue weighted by Gasteiger charge is 2.28. The number of thiophene rings is 1. The largest absolute Gasteiger partial charge is 0.397 e. The number of nitrogen functional groups attached to an aromatic ring is 1. The van der Waals surface area contributed by atoms with Crippen molar-refractivity contribution in [1.29, 1.82) is 0 Å². The number of aryl methyl sites for hydroxylation is 2. The van der Waals surface area contributed by atoms with Crippen molar-refractivity contribution in [3.63, 3.8) is 0 Å². The van der Waals surface area contributed by atoms with Gasteiger partial charge in [0.15, 0.2) is 0 Å². The third kappa shape index (κ3) is 2.47. The van der Waals surface area contributed by atoms with Crippen LogP contribution in [0.2, 0.25) is 0 Å². The molecule has 0 unspecified atom stereocenters. The third-order valence-corrected chi connectivity index (χ3v) is 5.19. The van der Waals surface area contributed by atoms with Crippen LogP contribution in [-0.2, 0) is 0 Å². The van der Waals surface area contributed by atoms with E-state index in [0.717, 1.165) is 29.5 Å². The van der Waals surface area contributed by atoms with Gasteiger partial charge in [-0.05, 0) is 38.2 Å². The van der Waals surface area contributed by atoms with Crippen LogP contribution in [0.15, 0.2) is 0 Å². The third-order valence-electron chi connectivity index (χ3n) is 4.10. The minimum atomic E-state index is -0.206. The summed E-state index contributed by atoms with van der Waals surface area (Å²) < 4.78 is 0. The summed E-state index contributed by atoms with van der Waals surface area (Å²) >= 11 is 1.27. The summed E-state index contributed by atoms with van der Waals surface area (Å²) in [6, 6.07) is 0. The number of hydrogen-bond donors (Lipinski definition) is 3. The lowest BCUT2D eigenvalue weighted by atomic mass is 9.82. The molecule has 4 N–H and O–H groups in total. The number of rotatable bonds is 3. The normalized spacial score (nSPS) is 21.3. The van der Waals surface area contributed by atoms with Crippen LogP contribution in [0, 0.1) is 19.8 Å². The zero-order valence-electron chi connectivity index (χ0n) is 12.0. The predicted octanol–water partition coefficient (Wildman–Crippen LogP) is 1.39. The monoisotopic (exact) mass is 306 g/mol. The molecule has 112 valence electrons. The Morgan fingerprint density at radius 2 is 2.14 bits per heavy atom. The van der Waals surface area contributed by atoms with Crippen molar-refractivity contribution in [2.45, 2.75) is 32.8 Å². The van der Waals surface area contributed by atoms with Crippen LogP contribution >= 0.6 is 11.3 Å². The second-order valence-electron chi connectivity index (χ2n) is 5.64. The minimum Gasteiger partial charge on any atom is -0.397 e. The Labute approximate surface area is 126 Å². The first kappa shape index (κ1) is 14.2. The molecule has 2 aromatic rings. The van der Waals surface area contributed by atoms with Crippen molar-refractivity contribution in [3.8, 4) is 0 Å². The van der Waals surface area contributed by atoms with Crippen molar-refractivity contribution in [1.82, 2.24) is 15.5 Å². The molecule has 1 aliphatic rings. The lowest BCUT2D eigenvalue weighted by molar-refractivity contribution is 0.0420. The van der Waals surface area contributed by atoms with E-state index in [1.54, 1.807) is 0 Å². The van der Waals surface area contributed by atoms with E-state index < -0.39 is 0 Å². The van der Waals surface area contributed by atoms with Crippen LogP contribution in [0.25, 0.3) is 10.2 Å². The molecule has 1 amide bonds. The molecule has 0 saturated heterocycles. The van der Waals surface area contributed by atoms with Gasteiger partial charge in [-0.15, -0.1) is 16.4 Å². The van der Waals surface area contributed by atoms with Gasteiger partial charge in [-0.1, -0.05) is 0 Å². The summed E-state index contributed by atoms with van der Waals surface area (Å²) in [5.41, 5.74) is 8.40. The Balaban J connectivity index is 1.81. The molecule has 1 aliphatic carbocycles. The summed E-state index contributed by atoms with van der Waals surface area (Å²) in [7, 11) is 0. The summed E-state index contributed by atoms with van der Waals surface area (Å²) in [6.07, 6.45) is 1.31. The Bertz CT molecular complexity index is 707. The average Bonchev–Trinajstić information content (AvgIpc) is 2.75. The van der Waals surface area contributed by atoms with E-state index in [2.05, 4.69) is 15.5 Å². The molecular formula is C14H18N4O2S. The average molecular weight is 306 g/mol. The van der Waals surface area contributed by atoms with Gasteiger partial charge in [-0.25, -0.2) is 0 Å². The highest BCUT2D eigenvalue weighted by Crippen LogP contribution is 2.35. The Morgan fingerprint density at radius 1 is 1.43 bits per heavy atom. The SMILES string of the molecule is Cc1nnc2sc(C(=O)NCC3CC(O)C3)c(N)c2c1C. The molecule has 2 aromatic heterocycles. The maximum Gasteiger partial charge on any atom is 0.263 e. The summed E-state index contributed by atoms with van der Waals surface area (Å²) in [5.74, 6) is 0.192. The number of anilines is 1. The van der Waals surface area contributed by atoms with Gasteiger partial charge in [0.05, 0.1) is 17.5 Å². The number of aromatic nitrogens is 2. The van der Waals surface area contributed by atoms with E-state index in [1.165, 1.54) is 11.3 Å². The van der Waals surface area contributed by atoms with E-state index in [4.69, 9.17) is 5.73 Å². The number of fused-ring (bicyclic) bond motifs is 1. The van der Waals surface area contributed by atoms with Crippen LogP contribution in [0.5, 0.6) is 0 Å². The first-order chi connectivity index (χ1) is 9.97. The summed E-state index contributed by atoms with van der Waals surface area (Å²) in [4.78, 5) is 13.5. The fraction of sp³-hybridized carbons (Fsp3) is 0.500. The molecule has 2 heterocycles. The maximum atomic E-state index is 12.3. The highest BCUT2D eigenvalue weighted by molar-refractivity contribution is 7.21. The predicted molar refractivity (Wildman–Crippen MR) is 82.4 cm³/mol. The minimum absolute atomic E-state index is 0.172.